The van der Waals surface area contributed by atoms with Crippen LogP contribution in [0.4, 0.5) is 4.79 Å². The third-order valence-corrected chi connectivity index (χ3v) is 1.48. The molecule has 5 nitrogen and oxygen atoms in total. The normalized spacial score (nSPS) is 27.0. The van der Waals surface area contributed by atoms with Gasteiger partial charge in [-0.05, 0) is 13.8 Å². The first-order valence-electron chi connectivity index (χ1n) is 3.73. The number of ether oxygens (including phenoxy) is 3. The lowest BCUT2D eigenvalue weighted by molar-refractivity contribution is -0.142. The van der Waals surface area contributed by atoms with Gasteiger partial charge in [0.15, 0.2) is 5.79 Å². The highest BCUT2D eigenvalue weighted by Crippen LogP contribution is 2.22. The summed E-state index contributed by atoms with van der Waals surface area (Å²) in [7, 11) is 0. The van der Waals surface area contributed by atoms with Crippen LogP contribution in [0.5, 0.6) is 0 Å². The van der Waals surface area contributed by atoms with Gasteiger partial charge in [0, 0.05) is 0 Å². The zero-order chi connectivity index (χ0) is 9.19. The van der Waals surface area contributed by atoms with Crippen molar-refractivity contribution in [1.82, 2.24) is 0 Å². The molecule has 1 atom stereocenters. The number of amides is 1. The van der Waals surface area contributed by atoms with Crippen molar-refractivity contribution in [1.29, 1.82) is 0 Å². The molecular formula is C7H13NO4. The minimum absolute atomic E-state index is 0.152. The first kappa shape index (κ1) is 9.28. The second-order valence-corrected chi connectivity index (χ2v) is 3.08. The molecule has 5 heteroatoms. The van der Waals surface area contributed by atoms with E-state index in [1.165, 1.54) is 0 Å². The van der Waals surface area contributed by atoms with Gasteiger partial charge in [-0.25, -0.2) is 4.79 Å². The Morgan fingerprint density at radius 3 is 2.83 bits per heavy atom. The summed E-state index contributed by atoms with van der Waals surface area (Å²) in [5, 5.41) is 0. The van der Waals surface area contributed by atoms with E-state index >= 15 is 0 Å². The van der Waals surface area contributed by atoms with E-state index in [0.29, 0.717) is 6.61 Å². The maximum atomic E-state index is 10.2. The molecule has 70 valence electrons. The summed E-state index contributed by atoms with van der Waals surface area (Å²) < 4.78 is 15.1. The van der Waals surface area contributed by atoms with E-state index in [4.69, 9.17) is 15.2 Å². The van der Waals surface area contributed by atoms with Gasteiger partial charge in [0.2, 0.25) is 0 Å². The van der Waals surface area contributed by atoms with Crippen molar-refractivity contribution in [2.45, 2.75) is 25.7 Å². The summed E-state index contributed by atoms with van der Waals surface area (Å²) in [6.45, 7) is 4.19. The summed E-state index contributed by atoms with van der Waals surface area (Å²) in [6, 6.07) is 0. The molecule has 12 heavy (non-hydrogen) atoms. The molecule has 0 radical (unpaired) electrons. The fraction of sp³-hybridized carbons (Fsp3) is 0.857. The Morgan fingerprint density at radius 1 is 1.75 bits per heavy atom. The quantitative estimate of drug-likeness (QED) is 0.652. The zero-order valence-corrected chi connectivity index (χ0v) is 7.20. The molecule has 0 bridgehead atoms. The second-order valence-electron chi connectivity index (χ2n) is 3.08. The van der Waals surface area contributed by atoms with Crippen molar-refractivity contribution < 1.29 is 19.0 Å². The lowest BCUT2D eigenvalue weighted by Gasteiger charge is -2.16. The van der Waals surface area contributed by atoms with Crippen LogP contribution in [0.15, 0.2) is 0 Å². The van der Waals surface area contributed by atoms with Crippen molar-refractivity contribution in [3.8, 4) is 0 Å². The minimum atomic E-state index is -0.789. The molecule has 0 spiro atoms. The van der Waals surface area contributed by atoms with Gasteiger partial charge in [0.05, 0.1) is 6.61 Å². The molecule has 1 aliphatic heterocycles. The number of carbonyl (C=O) groups excluding carboxylic acids is 1. The summed E-state index contributed by atoms with van der Waals surface area (Å²) in [5.74, 6) is -0.578. The predicted octanol–water partition coefficient (Wildman–Crippen LogP) is 0.233. The van der Waals surface area contributed by atoms with E-state index in [1.807, 2.05) is 0 Å². The Morgan fingerprint density at radius 2 is 2.42 bits per heavy atom. The Hall–Kier alpha value is -0.810. The summed E-state index contributed by atoms with van der Waals surface area (Å²) >= 11 is 0. The third-order valence-electron chi connectivity index (χ3n) is 1.48. The van der Waals surface area contributed by atoms with E-state index in [9.17, 15) is 4.79 Å². The van der Waals surface area contributed by atoms with Crippen LogP contribution in [0, 0.1) is 0 Å². The monoisotopic (exact) mass is 175 g/mol. The first-order chi connectivity index (χ1) is 5.49. The average Bonchev–Trinajstić information content (AvgIpc) is 2.26. The molecule has 1 amide bonds. The second kappa shape index (κ2) is 3.28. The van der Waals surface area contributed by atoms with Gasteiger partial charge in [-0.2, -0.15) is 0 Å². The maximum absolute atomic E-state index is 10.2. The van der Waals surface area contributed by atoms with Gasteiger partial charge in [-0.1, -0.05) is 0 Å². The van der Waals surface area contributed by atoms with Crippen LogP contribution in [0.2, 0.25) is 0 Å². The fourth-order valence-corrected chi connectivity index (χ4v) is 1.02. The summed E-state index contributed by atoms with van der Waals surface area (Å²) in [5.41, 5.74) is 4.78. The molecule has 1 fully saturated rings. The van der Waals surface area contributed by atoms with Crippen LogP contribution in [0.1, 0.15) is 13.8 Å². The number of hydrogen-bond acceptors (Lipinski definition) is 4. The molecule has 1 heterocycles. The highest BCUT2D eigenvalue weighted by atomic mass is 16.7. The van der Waals surface area contributed by atoms with Crippen LogP contribution in [0.3, 0.4) is 0 Å². The largest absolute Gasteiger partial charge is 0.447 e. The number of carbonyl (C=O) groups is 1. The van der Waals surface area contributed by atoms with Crippen LogP contribution in [0.25, 0.3) is 0 Å². The smallest absolute Gasteiger partial charge is 0.404 e. The van der Waals surface area contributed by atoms with Gasteiger partial charge >= 0.3 is 6.09 Å². The van der Waals surface area contributed by atoms with Crippen LogP contribution in [-0.4, -0.2) is 31.2 Å². The van der Waals surface area contributed by atoms with Gasteiger partial charge in [-0.15, -0.1) is 0 Å². The summed E-state index contributed by atoms with van der Waals surface area (Å²) in [4.78, 5) is 10.2. The lowest BCUT2D eigenvalue weighted by atomic mass is 10.4. The predicted molar refractivity (Wildman–Crippen MR) is 40.4 cm³/mol. The summed E-state index contributed by atoms with van der Waals surface area (Å²) in [6.07, 6.45) is -0.990. The Bertz CT molecular complexity index is 180. The number of hydrogen-bond donors (Lipinski definition) is 1. The van der Waals surface area contributed by atoms with Gasteiger partial charge in [-0.3, -0.25) is 0 Å². The van der Waals surface area contributed by atoms with E-state index < -0.39 is 11.9 Å². The molecule has 1 saturated heterocycles. The van der Waals surface area contributed by atoms with E-state index in [0.717, 1.165) is 0 Å². The SMILES string of the molecule is CC1(C)OC[C@@H](COC(N)=O)O1. The molecule has 0 aromatic heterocycles. The van der Waals surface area contributed by atoms with Gasteiger partial charge in [0.25, 0.3) is 0 Å². The van der Waals surface area contributed by atoms with Crippen molar-refractivity contribution in [3.63, 3.8) is 0 Å². The molecule has 0 saturated carbocycles. The lowest BCUT2D eigenvalue weighted by Crippen LogP contribution is -2.26. The standard InChI is InChI=1S/C7H13NO4/c1-7(2)11-4-5(12-7)3-10-6(8)9/h5H,3-4H2,1-2H3,(H2,8,9)/t5-/m1/s1. The number of nitrogens with two attached hydrogens (primary N) is 1. The van der Waals surface area contributed by atoms with Crippen molar-refractivity contribution in [2.75, 3.05) is 13.2 Å². The molecule has 0 aromatic rings. The molecule has 2 N–H and O–H groups in total. The Balaban J connectivity index is 2.24. The molecular weight excluding hydrogens is 162 g/mol. The van der Waals surface area contributed by atoms with Crippen LogP contribution < -0.4 is 5.73 Å². The highest BCUT2D eigenvalue weighted by Gasteiger charge is 2.33. The van der Waals surface area contributed by atoms with Crippen molar-refractivity contribution in [3.05, 3.63) is 0 Å². The maximum Gasteiger partial charge on any atom is 0.404 e. The Labute approximate surface area is 70.8 Å². The fourth-order valence-electron chi connectivity index (χ4n) is 1.02. The van der Waals surface area contributed by atoms with Crippen molar-refractivity contribution in [2.24, 2.45) is 5.73 Å². The first-order valence-corrected chi connectivity index (χ1v) is 3.73. The number of rotatable bonds is 2. The molecule has 0 unspecified atom stereocenters. The van der Waals surface area contributed by atoms with E-state index in [1.54, 1.807) is 13.8 Å². The molecule has 1 aliphatic rings. The van der Waals surface area contributed by atoms with Gasteiger partial charge in [0.1, 0.15) is 12.7 Å². The molecule has 0 aliphatic carbocycles. The van der Waals surface area contributed by atoms with Crippen LogP contribution in [-0.2, 0) is 14.2 Å². The van der Waals surface area contributed by atoms with Crippen LogP contribution >= 0.6 is 0 Å². The topological polar surface area (TPSA) is 70.8 Å². The van der Waals surface area contributed by atoms with E-state index in [-0.39, 0.29) is 12.7 Å². The minimum Gasteiger partial charge on any atom is -0.447 e. The average molecular weight is 175 g/mol. The highest BCUT2D eigenvalue weighted by molar-refractivity contribution is 5.64. The number of primary amides is 1. The van der Waals surface area contributed by atoms with Gasteiger partial charge < -0.3 is 19.9 Å². The zero-order valence-electron chi connectivity index (χ0n) is 7.20. The van der Waals surface area contributed by atoms with Crippen molar-refractivity contribution >= 4 is 6.09 Å². The third kappa shape index (κ3) is 2.67. The van der Waals surface area contributed by atoms with E-state index in [2.05, 4.69) is 4.74 Å². The molecule has 0 aromatic carbocycles. The Kier molecular flexibility index (Phi) is 2.54. The molecule has 1 rings (SSSR count).